The number of rotatable bonds is 6. The van der Waals surface area contributed by atoms with Gasteiger partial charge in [-0.25, -0.2) is 0 Å². The monoisotopic (exact) mass is 350 g/mol. The fourth-order valence-electron chi connectivity index (χ4n) is 2.47. The Bertz CT molecular complexity index is 592. The van der Waals surface area contributed by atoms with Crippen LogP contribution in [-0.2, 0) is 6.54 Å². The molecule has 2 rings (SSSR count). The van der Waals surface area contributed by atoms with Gasteiger partial charge in [-0.05, 0) is 47.1 Å². The third-order valence-corrected chi connectivity index (χ3v) is 4.15. The summed E-state index contributed by atoms with van der Waals surface area (Å²) in [6.07, 6.45) is 1.87. The van der Waals surface area contributed by atoms with Crippen LogP contribution in [0.5, 0.6) is 0 Å². The van der Waals surface area contributed by atoms with Crippen LogP contribution < -0.4 is 10.2 Å². The normalized spacial score (nSPS) is 12.4. The van der Waals surface area contributed by atoms with E-state index in [1.807, 2.05) is 10.9 Å². The van der Waals surface area contributed by atoms with Gasteiger partial charge in [-0.15, -0.1) is 0 Å². The summed E-state index contributed by atoms with van der Waals surface area (Å²) in [6.45, 7) is 6.00. The second-order valence-electron chi connectivity index (χ2n) is 5.17. The van der Waals surface area contributed by atoms with Crippen LogP contribution in [0.25, 0.3) is 0 Å². The molecular formula is C16H23BrN4. The second kappa shape index (κ2) is 7.09. The van der Waals surface area contributed by atoms with E-state index in [4.69, 9.17) is 0 Å². The van der Waals surface area contributed by atoms with Crippen molar-refractivity contribution in [3.63, 3.8) is 0 Å². The standard InChI is InChI=1S/C16H23BrN4/c1-5-18-15(16-14(17)11-19-21(16)6-2)12-8-7-9-13(10-12)20(3)4/h7-11,15,18H,5-6H2,1-4H3. The fraction of sp³-hybridized carbons (Fsp3) is 0.438. The summed E-state index contributed by atoms with van der Waals surface area (Å²) in [6, 6.07) is 8.76. The first kappa shape index (κ1) is 16.0. The molecule has 21 heavy (non-hydrogen) atoms. The molecule has 4 nitrogen and oxygen atoms in total. The van der Waals surface area contributed by atoms with Crippen molar-refractivity contribution in [1.29, 1.82) is 0 Å². The van der Waals surface area contributed by atoms with E-state index in [0.717, 1.165) is 17.6 Å². The van der Waals surface area contributed by atoms with Crippen molar-refractivity contribution in [2.75, 3.05) is 25.5 Å². The van der Waals surface area contributed by atoms with Gasteiger partial charge in [0.1, 0.15) is 0 Å². The van der Waals surface area contributed by atoms with Gasteiger partial charge >= 0.3 is 0 Å². The lowest BCUT2D eigenvalue weighted by molar-refractivity contribution is 0.541. The fourth-order valence-corrected chi connectivity index (χ4v) is 3.00. The minimum absolute atomic E-state index is 0.131. The van der Waals surface area contributed by atoms with Gasteiger partial charge in [-0.1, -0.05) is 19.1 Å². The van der Waals surface area contributed by atoms with Crippen LogP contribution in [0.1, 0.15) is 31.1 Å². The summed E-state index contributed by atoms with van der Waals surface area (Å²) in [5, 5.41) is 8.01. The summed E-state index contributed by atoms with van der Waals surface area (Å²) in [4.78, 5) is 2.12. The number of anilines is 1. The van der Waals surface area contributed by atoms with Crippen LogP contribution in [-0.4, -0.2) is 30.4 Å². The molecule has 0 bridgehead atoms. The number of nitrogens with one attached hydrogen (secondary N) is 1. The lowest BCUT2D eigenvalue weighted by Crippen LogP contribution is -2.25. The Morgan fingerprint density at radius 3 is 2.71 bits per heavy atom. The maximum Gasteiger partial charge on any atom is 0.0760 e. The molecule has 2 aromatic rings. The van der Waals surface area contributed by atoms with Crippen LogP contribution in [0.4, 0.5) is 5.69 Å². The number of aryl methyl sites for hydroxylation is 1. The first-order valence-electron chi connectivity index (χ1n) is 7.30. The van der Waals surface area contributed by atoms with Crippen molar-refractivity contribution in [2.45, 2.75) is 26.4 Å². The van der Waals surface area contributed by atoms with Gasteiger partial charge < -0.3 is 10.2 Å². The van der Waals surface area contributed by atoms with Gasteiger partial charge in [-0.3, -0.25) is 4.68 Å². The second-order valence-corrected chi connectivity index (χ2v) is 6.03. The van der Waals surface area contributed by atoms with Gasteiger partial charge in [0, 0.05) is 26.3 Å². The molecule has 1 aromatic heterocycles. The average molecular weight is 351 g/mol. The summed E-state index contributed by atoms with van der Waals surface area (Å²) in [5.41, 5.74) is 3.63. The first-order valence-corrected chi connectivity index (χ1v) is 8.09. The molecule has 114 valence electrons. The smallest absolute Gasteiger partial charge is 0.0760 e. The maximum absolute atomic E-state index is 4.44. The van der Waals surface area contributed by atoms with Crippen LogP contribution in [0.15, 0.2) is 34.9 Å². The highest BCUT2D eigenvalue weighted by Gasteiger charge is 2.21. The minimum atomic E-state index is 0.131. The molecule has 0 spiro atoms. The topological polar surface area (TPSA) is 33.1 Å². The summed E-state index contributed by atoms with van der Waals surface area (Å²) in [7, 11) is 4.13. The van der Waals surface area contributed by atoms with Crippen LogP contribution >= 0.6 is 15.9 Å². The zero-order valence-corrected chi connectivity index (χ0v) is 14.7. The number of hydrogen-bond acceptors (Lipinski definition) is 3. The SMILES string of the molecule is CCNC(c1cccc(N(C)C)c1)c1c(Br)cnn1CC. The predicted octanol–water partition coefficient (Wildman–Crippen LogP) is 3.43. The lowest BCUT2D eigenvalue weighted by Gasteiger charge is -2.22. The largest absolute Gasteiger partial charge is 0.378 e. The molecule has 1 N–H and O–H groups in total. The van der Waals surface area contributed by atoms with Crippen LogP contribution in [0.2, 0.25) is 0 Å². The Balaban J connectivity index is 2.48. The van der Waals surface area contributed by atoms with E-state index in [1.165, 1.54) is 16.9 Å². The highest BCUT2D eigenvalue weighted by Crippen LogP contribution is 2.30. The van der Waals surface area contributed by atoms with Crippen molar-refractivity contribution in [3.8, 4) is 0 Å². The number of benzene rings is 1. The Morgan fingerprint density at radius 1 is 1.33 bits per heavy atom. The Morgan fingerprint density at radius 2 is 2.10 bits per heavy atom. The maximum atomic E-state index is 4.44. The molecule has 0 saturated heterocycles. The van der Waals surface area contributed by atoms with Crippen molar-refractivity contribution in [3.05, 3.63) is 46.2 Å². The molecule has 0 aliphatic heterocycles. The van der Waals surface area contributed by atoms with E-state index in [-0.39, 0.29) is 6.04 Å². The van der Waals surface area contributed by atoms with Crippen molar-refractivity contribution < 1.29 is 0 Å². The van der Waals surface area contributed by atoms with Gasteiger partial charge in [0.2, 0.25) is 0 Å². The molecule has 5 heteroatoms. The summed E-state index contributed by atoms with van der Waals surface area (Å²) in [5.74, 6) is 0. The molecule has 0 saturated carbocycles. The third-order valence-electron chi connectivity index (χ3n) is 3.53. The van der Waals surface area contributed by atoms with Crippen LogP contribution in [0, 0.1) is 0 Å². The average Bonchev–Trinajstić information content (AvgIpc) is 2.85. The van der Waals surface area contributed by atoms with Gasteiger partial charge in [0.15, 0.2) is 0 Å². The van der Waals surface area contributed by atoms with E-state index in [2.05, 4.69) is 83.5 Å². The molecule has 1 atom stereocenters. The van der Waals surface area contributed by atoms with Gasteiger partial charge in [-0.2, -0.15) is 5.10 Å². The number of hydrogen-bond donors (Lipinski definition) is 1. The molecule has 1 aromatic carbocycles. The van der Waals surface area contributed by atoms with E-state index in [9.17, 15) is 0 Å². The number of halogens is 1. The van der Waals surface area contributed by atoms with Crippen LogP contribution in [0.3, 0.4) is 0 Å². The molecule has 1 heterocycles. The first-order chi connectivity index (χ1) is 10.1. The van der Waals surface area contributed by atoms with Gasteiger partial charge in [0.05, 0.1) is 22.4 Å². The minimum Gasteiger partial charge on any atom is -0.378 e. The Labute approximate surface area is 135 Å². The Kier molecular flexibility index (Phi) is 5.42. The summed E-state index contributed by atoms with van der Waals surface area (Å²) >= 11 is 3.64. The van der Waals surface area contributed by atoms with Crippen molar-refractivity contribution in [1.82, 2.24) is 15.1 Å². The van der Waals surface area contributed by atoms with E-state index < -0.39 is 0 Å². The van der Waals surface area contributed by atoms with Crippen molar-refractivity contribution in [2.24, 2.45) is 0 Å². The third kappa shape index (κ3) is 3.47. The van der Waals surface area contributed by atoms with E-state index in [0.29, 0.717) is 0 Å². The molecule has 0 fully saturated rings. The highest BCUT2D eigenvalue weighted by molar-refractivity contribution is 9.10. The zero-order chi connectivity index (χ0) is 15.4. The van der Waals surface area contributed by atoms with E-state index in [1.54, 1.807) is 0 Å². The quantitative estimate of drug-likeness (QED) is 0.866. The van der Waals surface area contributed by atoms with E-state index >= 15 is 0 Å². The number of nitrogens with zero attached hydrogens (tertiary/aromatic N) is 3. The Hall–Kier alpha value is -1.33. The molecule has 0 aliphatic rings. The number of aromatic nitrogens is 2. The molecule has 0 radical (unpaired) electrons. The van der Waals surface area contributed by atoms with Crippen molar-refractivity contribution >= 4 is 21.6 Å². The molecule has 0 amide bonds. The van der Waals surface area contributed by atoms with Gasteiger partial charge in [0.25, 0.3) is 0 Å². The molecule has 1 unspecified atom stereocenters. The molecular weight excluding hydrogens is 328 g/mol. The predicted molar refractivity (Wildman–Crippen MR) is 91.9 cm³/mol. The lowest BCUT2D eigenvalue weighted by atomic mass is 10.0. The highest BCUT2D eigenvalue weighted by atomic mass is 79.9. The molecule has 0 aliphatic carbocycles. The zero-order valence-electron chi connectivity index (χ0n) is 13.1. The summed E-state index contributed by atoms with van der Waals surface area (Å²) < 4.78 is 3.09.